The largest absolute Gasteiger partial charge is 0.480 e. The summed E-state index contributed by atoms with van der Waals surface area (Å²) in [7, 11) is 0. The molecule has 1 unspecified atom stereocenters. The van der Waals surface area contributed by atoms with Gasteiger partial charge in [-0.2, -0.15) is 4.98 Å². The van der Waals surface area contributed by atoms with Crippen molar-refractivity contribution in [2.45, 2.75) is 51.6 Å². The zero-order chi connectivity index (χ0) is 13.2. The van der Waals surface area contributed by atoms with Crippen LogP contribution in [0.1, 0.15) is 44.8 Å². The summed E-state index contributed by atoms with van der Waals surface area (Å²) < 4.78 is 5.14. The number of piperidine rings is 1. The number of aliphatic carboxylic acids is 1. The minimum atomic E-state index is -0.820. The molecular formula is C12H19N3O3. The Labute approximate surface area is 106 Å². The Kier molecular flexibility index (Phi) is 3.65. The average Bonchev–Trinajstić information content (AvgIpc) is 2.80. The van der Waals surface area contributed by atoms with Crippen LogP contribution in [0.5, 0.6) is 0 Å². The van der Waals surface area contributed by atoms with E-state index in [4.69, 9.17) is 4.52 Å². The lowest BCUT2D eigenvalue weighted by molar-refractivity contribution is -0.153. The molecule has 0 saturated carbocycles. The molecular weight excluding hydrogens is 234 g/mol. The molecule has 1 saturated heterocycles. The van der Waals surface area contributed by atoms with Gasteiger partial charge >= 0.3 is 5.97 Å². The molecule has 1 aromatic rings. The maximum Gasteiger partial charge on any atom is 0.323 e. The fraction of sp³-hybridized carbons (Fsp3) is 0.750. The van der Waals surface area contributed by atoms with E-state index in [1.165, 1.54) is 0 Å². The highest BCUT2D eigenvalue weighted by molar-refractivity contribution is 5.78. The van der Waals surface area contributed by atoms with Crippen molar-refractivity contribution in [1.82, 2.24) is 15.0 Å². The standard InChI is InChI=1S/C12H19N3O3/c1-3-9-13-10(18-14-9)8-15-7-5-4-6-12(15,2)11(16)17/h3-8H2,1-2H3,(H,16,17). The number of hydrogen-bond donors (Lipinski definition) is 1. The molecule has 1 aromatic heterocycles. The third kappa shape index (κ3) is 2.38. The van der Waals surface area contributed by atoms with Gasteiger partial charge in [-0.25, -0.2) is 0 Å². The van der Waals surface area contributed by atoms with Crippen molar-refractivity contribution >= 4 is 5.97 Å². The predicted octanol–water partition coefficient (Wildman–Crippen LogP) is 1.46. The van der Waals surface area contributed by atoms with Crippen molar-refractivity contribution in [2.75, 3.05) is 6.54 Å². The Morgan fingerprint density at radius 1 is 1.56 bits per heavy atom. The molecule has 18 heavy (non-hydrogen) atoms. The van der Waals surface area contributed by atoms with Gasteiger partial charge in [-0.1, -0.05) is 12.1 Å². The number of likely N-dealkylation sites (tertiary alicyclic amines) is 1. The van der Waals surface area contributed by atoms with Gasteiger partial charge < -0.3 is 9.63 Å². The van der Waals surface area contributed by atoms with Crippen LogP contribution in [0.2, 0.25) is 0 Å². The molecule has 1 atom stereocenters. The van der Waals surface area contributed by atoms with E-state index in [-0.39, 0.29) is 0 Å². The highest BCUT2D eigenvalue weighted by Crippen LogP contribution is 2.29. The van der Waals surface area contributed by atoms with Crippen LogP contribution in [-0.2, 0) is 17.8 Å². The van der Waals surface area contributed by atoms with Crippen molar-refractivity contribution in [2.24, 2.45) is 0 Å². The summed E-state index contributed by atoms with van der Waals surface area (Å²) in [5.41, 5.74) is -0.820. The lowest BCUT2D eigenvalue weighted by Crippen LogP contribution is -2.54. The Hall–Kier alpha value is -1.43. The second-order valence-corrected chi connectivity index (χ2v) is 4.92. The highest BCUT2D eigenvalue weighted by atomic mass is 16.5. The second-order valence-electron chi connectivity index (χ2n) is 4.92. The maximum atomic E-state index is 11.4. The van der Waals surface area contributed by atoms with Gasteiger partial charge in [-0.05, 0) is 32.7 Å². The van der Waals surface area contributed by atoms with Crippen LogP contribution >= 0.6 is 0 Å². The molecule has 0 radical (unpaired) electrons. The lowest BCUT2D eigenvalue weighted by Gasteiger charge is -2.40. The summed E-state index contributed by atoms with van der Waals surface area (Å²) in [5, 5.41) is 13.2. The zero-order valence-corrected chi connectivity index (χ0v) is 10.8. The first-order valence-electron chi connectivity index (χ1n) is 6.36. The summed E-state index contributed by atoms with van der Waals surface area (Å²) in [5.74, 6) is 0.387. The van der Waals surface area contributed by atoms with Gasteiger partial charge in [0.25, 0.3) is 0 Å². The molecule has 1 aliphatic heterocycles. The maximum absolute atomic E-state index is 11.4. The minimum absolute atomic E-state index is 0.413. The molecule has 1 fully saturated rings. The molecule has 2 rings (SSSR count). The van der Waals surface area contributed by atoms with Gasteiger partial charge in [0.15, 0.2) is 5.82 Å². The van der Waals surface area contributed by atoms with Gasteiger partial charge in [-0.3, -0.25) is 9.69 Å². The lowest BCUT2D eigenvalue weighted by atomic mass is 9.88. The monoisotopic (exact) mass is 253 g/mol. The summed E-state index contributed by atoms with van der Waals surface area (Å²) >= 11 is 0. The van der Waals surface area contributed by atoms with Crippen LogP contribution in [0.3, 0.4) is 0 Å². The van der Waals surface area contributed by atoms with E-state index in [2.05, 4.69) is 10.1 Å². The Morgan fingerprint density at radius 2 is 2.33 bits per heavy atom. The fourth-order valence-corrected chi connectivity index (χ4v) is 2.33. The molecule has 0 spiro atoms. The molecule has 6 nitrogen and oxygen atoms in total. The number of carboxylic acid groups (broad SMARTS) is 1. The van der Waals surface area contributed by atoms with E-state index < -0.39 is 11.5 Å². The third-order valence-corrected chi connectivity index (χ3v) is 3.65. The highest BCUT2D eigenvalue weighted by Gasteiger charge is 2.41. The van der Waals surface area contributed by atoms with Gasteiger partial charge in [0, 0.05) is 6.42 Å². The van der Waals surface area contributed by atoms with Crippen LogP contribution in [-0.4, -0.2) is 38.2 Å². The summed E-state index contributed by atoms with van der Waals surface area (Å²) in [6, 6.07) is 0. The molecule has 0 bridgehead atoms. The first-order chi connectivity index (χ1) is 8.56. The minimum Gasteiger partial charge on any atom is -0.480 e. The van der Waals surface area contributed by atoms with E-state index in [0.29, 0.717) is 24.7 Å². The van der Waals surface area contributed by atoms with Crippen LogP contribution in [0.15, 0.2) is 4.52 Å². The number of carbonyl (C=O) groups is 1. The van der Waals surface area contributed by atoms with Crippen LogP contribution in [0.25, 0.3) is 0 Å². The Balaban J connectivity index is 2.12. The second kappa shape index (κ2) is 5.06. The van der Waals surface area contributed by atoms with Gasteiger partial charge in [-0.15, -0.1) is 0 Å². The van der Waals surface area contributed by atoms with Crippen LogP contribution in [0.4, 0.5) is 0 Å². The third-order valence-electron chi connectivity index (χ3n) is 3.65. The number of carboxylic acids is 1. The normalized spacial score (nSPS) is 25.2. The fourth-order valence-electron chi connectivity index (χ4n) is 2.33. The average molecular weight is 253 g/mol. The first-order valence-corrected chi connectivity index (χ1v) is 6.36. The van der Waals surface area contributed by atoms with E-state index in [1.807, 2.05) is 11.8 Å². The molecule has 0 aromatic carbocycles. The van der Waals surface area contributed by atoms with E-state index in [9.17, 15) is 9.90 Å². The number of hydrogen-bond acceptors (Lipinski definition) is 5. The molecule has 1 aliphatic rings. The quantitative estimate of drug-likeness (QED) is 0.875. The van der Waals surface area contributed by atoms with Crippen molar-refractivity contribution in [3.8, 4) is 0 Å². The topological polar surface area (TPSA) is 79.5 Å². The predicted molar refractivity (Wildman–Crippen MR) is 64.0 cm³/mol. The molecule has 6 heteroatoms. The molecule has 0 aliphatic carbocycles. The summed E-state index contributed by atoms with van der Waals surface area (Å²) in [6.45, 7) is 4.89. The molecule has 2 heterocycles. The molecule has 1 N–H and O–H groups in total. The van der Waals surface area contributed by atoms with Gasteiger partial charge in [0.05, 0.1) is 6.54 Å². The number of rotatable bonds is 4. The zero-order valence-electron chi connectivity index (χ0n) is 10.8. The van der Waals surface area contributed by atoms with E-state index >= 15 is 0 Å². The summed E-state index contributed by atoms with van der Waals surface area (Å²) in [4.78, 5) is 17.6. The van der Waals surface area contributed by atoms with Crippen molar-refractivity contribution in [3.05, 3.63) is 11.7 Å². The van der Waals surface area contributed by atoms with Crippen LogP contribution in [0, 0.1) is 0 Å². The first kappa shape index (κ1) is 13.0. The Morgan fingerprint density at radius 3 is 2.94 bits per heavy atom. The van der Waals surface area contributed by atoms with Crippen LogP contribution < -0.4 is 0 Å². The molecule has 0 amide bonds. The van der Waals surface area contributed by atoms with E-state index in [1.54, 1.807) is 6.92 Å². The van der Waals surface area contributed by atoms with Gasteiger partial charge in [0.2, 0.25) is 5.89 Å². The van der Waals surface area contributed by atoms with Crippen molar-refractivity contribution in [3.63, 3.8) is 0 Å². The van der Waals surface area contributed by atoms with E-state index in [0.717, 1.165) is 25.8 Å². The Bertz CT molecular complexity index is 432. The number of aromatic nitrogens is 2. The smallest absolute Gasteiger partial charge is 0.323 e. The SMILES string of the molecule is CCc1noc(CN2CCCCC2(C)C(=O)O)n1. The summed E-state index contributed by atoms with van der Waals surface area (Å²) in [6.07, 6.45) is 3.35. The molecule has 100 valence electrons. The van der Waals surface area contributed by atoms with Crippen molar-refractivity contribution < 1.29 is 14.4 Å². The number of nitrogens with zero attached hydrogens (tertiary/aromatic N) is 3. The van der Waals surface area contributed by atoms with Crippen molar-refractivity contribution in [1.29, 1.82) is 0 Å². The van der Waals surface area contributed by atoms with Gasteiger partial charge in [0.1, 0.15) is 5.54 Å². The number of aryl methyl sites for hydroxylation is 1.